The standard InChI is InChI=1S/C14H12BrN3/c1-10-3-2-4-12(7-10)18-14(8-16)13-6-5-11(15)9-17-13/h2-7,9,14,18H,1H3. The lowest BCUT2D eigenvalue weighted by Gasteiger charge is -2.12. The van der Waals surface area contributed by atoms with Crippen LogP contribution in [0, 0.1) is 18.3 Å². The Morgan fingerprint density at radius 1 is 1.33 bits per heavy atom. The quantitative estimate of drug-likeness (QED) is 0.937. The number of pyridine rings is 1. The van der Waals surface area contributed by atoms with E-state index in [1.165, 1.54) is 0 Å². The second kappa shape index (κ2) is 5.65. The van der Waals surface area contributed by atoms with Crippen LogP contribution in [0.4, 0.5) is 5.69 Å². The van der Waals surface area contributed by atoms with E-state index in [9.17, 15) is 5.26 Å². The average molecular weight is 302 g/mol. The predicted octanol–water partition coefficient (Wildman–Crippen LogP) is 3.83. The molecule has 1 heterocycles. The summed E-state index contributed by atoms with van der Waals surface area (Å²) >= 11 is 3.33. The van der Waals surface area contributed by atoms with Crippen LogP contribution in [-0.4, -0.2) is 4.98 Å². The number of hydrogen-bond donors (Lipinski definition) is 1. The molecule has 1 unspecified atom stereocenters. The maximum absolute atomic E-state index is 9.22. The van der Waals surface area contributed by atoms with Gasteiger partial charge in [0.25, 0.3) is 0 Å². The molecule has 0 aliphatic carbocycles. The molecule has 1 N–H and O–H groups in total. The fourth-order valence-electron chi connectivity index (χ4n) is 1.63. The molecule has 0 spiro atoms. The van der Waals surface area contributed by atoms with Crippen molar-refractivity contribution >= 4 is 21.6 Å². The predicted molar refractivity (Wildman–Crippen MR) is 75.1 cm³/mol. The van der Waals surface area contributed by atoms with E-state index >= 15 is 0 Å². The molecule has 0 fully saturated rings. The Balaban J connectivity index is 2.20. The number of aryl methyl sites for hydroxylation is 1. The fourth-order valence-corrected chi connectivity index (χ4v) is 1.87. The molecule has 3 nitrogen and oxygen atoms in total. The normalized spacial score (nSPS) is 11.6. The van der Waals surface area contributed by atoms with Crippen molar-refractivity contribution in [3.63, 3.8) is 0 Å². The number of halogens is 1. The summed E-state index contributed by atoms with van der Waals surface area (Å²) in [5.74, 6) is 0. The molecule has 0 radical (unpaired) electrons. The lowest BCUT2D eigenvalue weighted by atomic mass is 10.1. The van der Waals surface area contributed by atoms with Gasteiger partial charge in [-0.1, -0.05) is 12.1 Å². The number of aromatic nitrogens is 1. The van der Waals surface area contributed by atoms with Gasteiger partial charge in [0.15, 0.2) is 6.04 Å². The summed E-state index contributed by atoms with van der Waals surface area (Å²) in [6.07, 6.45) is 1.69. The van der Waals surface area contributed by atoms with Crippen LogP contribution in [0.2, 0.25) is 0 Å². The third-order valence-electron chi connectivity index (χ3n) is 2.50. The van der Waals surface area contributed by atoms with Gasteiger partial charge in [0.2, 0.25) is 0 Å². The summed E-state index contributed by atoms with van der Waals surface area (Å²) in [5, 5.41) is 12.4. The van der Waals surface area contributed by atoms with Crippen molar-refractivity contribution in [3.05, 3.63) is 58.3 Å². The second-order valence-corrected chi connectivity index (χ2v) is 4.89. The second-order valence-electron chi connectivity index (χ2n) is 3.98. The summed E-state index contributed by atoms with van der Waals surface area (Å²) in [7, 11) is 0. The highest BCUT2D eigenvalue weighted by Gasteiger charge is 2.11. The zero-order chi connectivity index (χ0) is 13.0. The van der Waals surface area contributed by atoms with E-state index in [0.717, 1.165) is 15.7 Å². The molecule has 0 saturated heterocycles. The lowest BCUT2D eigenvalue weighted by molar-refractivity contribution is 0.932. The molecule has 2 aromatic rings. The molecule has 18 heavy (non-hydrogen) atoms. The number of rotatable bonds is 3. The SMILES string of the molecule is Cc1cccc(NC(C#N)c2ccc(Br)cn2)c1. The average Bonchev–Trinajstić information content (AvgIpc) is 2.37. The van der Waals surface area contributed by atoms with E-state index in [0.29, 0.717) is 5.69 Å². The van der Waals surface area contributed by atoms with Gasteiger partial charge in [0, 0.05) is 16.4 Å². The van der Waals surface area contributed by atoms with Gasteiger partial charge in [-0.2, -0.15) is 5.26 Å². The van der Waals surface area contributed by atoms with Crippen LogP contribution in [0.5, 0.6) is 0 Å². The van der Waals surface area contributed by atoms with Gasteiger partial charge in [-0.05, 0) is 52.7 Å². The fraction of sp³-hybridized carbons (Fsp3) is 0.143. The maximum atomic E-state index is 9.22. The molecule has 4 heteroatoms. The number of nitriles is 1. The van der Waals surface area contributed by atoms with Crippen LogP contribution in [0.3, 0.4) is 0 Å². The van der Waals surface area contributed by atoms with Crippen molar-refractivity contribution in [2.45, 2.75) is 13.0 Å². The van der Waals surface area contributed by atoms with Gasteiger partial charge in [-0.15, -0.1) is 0 Å². The van der Waals surface area contributed by atoms with E-state index in [1.54, 1.807) is 6.20 Å². The largest absolute Gasteiger partial charge is 0.365 e. The van der Waals surface area contributed by atoms with Crippen LogP contribution in [0.25, 0.3) is 0 Å². The molecule has 1 aromatic carbocycles. The third-order valence-corrected chi connectivity index (χ3v) is 2.97. The molecular weight excluding hydrogens is 290 g/mol. The monoisotopic (exact) mass is 301 g/mol. The van der Waals surface area contributed by atoms with Gasteiger partial charge in [-0.25, -0.2) is 0 Å². The lowest BCUT2D eigenvalue weighted by Crippen LogP contribution is -2.10. The number of nitrogens with zero attached hydrogens (tertiary/aromatic N) is 2. The zero-order valence-electron chi connectivity index (χ0n) is 9.89. The first kappa shape index (κ1) is 12.6. The minimum absolute atomic E-state index is 0.445. The van der Waals surface area contributed by atoms with E-state index in [4.69, 9.17) is 0 Å². The molecule has 0 aliphatic heterocycles. The highest BCUT2D eigenvalue weighted by Crippen LogP contribution is 2.19. The summed E-state index contributed by atoms with van der Waals surface area (Å²) in [5.41, 5.74) is 2.79. The Morgan fingerprint density at radius 2 is 2.17 bits per heavy atom. The Bertz CT molecular complexity index is 572. The van der Waals surface area contributed by atoms with Crippen molar-refractivity contribution in [1.82, 2.24) is 4.98 Å². The van der Waals surface area contributed by atoms with Crippen LogP contribution in [-0.2, 0) is 0 Å². The smallest absolute Gasteiger partial charge is 0.157 e. The first-order chi connectivity index (χ1) is 8.69. The third kappa shape index (κ3) is 3.08. The highest BCUT2D eigenvalue weighted by atomic mass is 79.9. The van der Waals surface area contributed by atoms with Crippen molar-refractivity contribution in [2.24, 2.45) is 0 Å². The van der Waals surface area contributed by atoms with E-state index < -0.39 is 6.04 Å². The first-order valence-corrected chi connectivity index (χ1v) is 6.32. The Labute approximate surface area is 115 Å². The number of hydrogen-bond acceptors (Lipinski definition) is 3. The molecule has 0 aliphatic rings. The van der Waals surface area contributed by atoms with Gasteiger partial charge in [0.1, 0.15) is 0 Å². The topological polar surface area (TPSA) is 48.7 Å². The minimum atomic E-state index is -0.445. The summed E-state index contributed by atoms with van der Waals surface area (Å²) in [6, 6.07) is 13.4. The van der Waals surface area contributed by atoms with Gasteiger partial charge in [0.05, 0.1) is 11.8 Å². The maximum Gasteiger partial charge on any atom is 0.157 e. The highest BCUT2D eigenvalue weighted by molar-refractivity contribution is 9.10. The first-order valence-electron chi connectivity index (χ1n) is 5.53. The van der Waals surface area contributed by atoms with E-state index in [1.807, 2.05) is 43.3 Å². The van der Waals surface area contributed by atoms with Gasteiger partial charge >= 0.3 is 0 Å². The van der Waals surface area contributed by atoms with Crippen LogP contribution in [0.1, 0.15) is 17.3 Å². The van der Waals surface area contributed by atoms with Crippen molar-refractivity contribution in [3.8, 4) is 6.07 Å². The molecule has 2 rings (SSSR count). The summed E-state index contributed by atoms with van der Waals surface area (Å²) in [4.78, 5) is 4.24. The summed E-state index contributed by atoms with van der Waals surface area (Å²) in [6.45, 7) is 2.02. The Morgan fingerprint density at radius 3 is 2.78 bits per heavy atom. The molecule has 1 aromatic heterocycles. The molecule has 90 valence electrons. The van der Waals surface area contributed by atoms with Gasteiger partial charge < -0.3 is 5.32 Å². The molecule has 0 amide bonds. The minimum Gasteiger partial charge on any atom is -0.365 e. The van der Waals surface area contributed by atoms with Crippen LogP contribution >= 0.6 is 15.9 Å². The van der Waals surface area contributed by atoms with Gasteiger partial charge in [-0.3, -0.25) is 4.98 Å². The van der Waals surface area contributed by atoms with Crippen LogP contribution in [0.15, 0.2) is 47.1 Å². The van der Waals surface area contributed by atoms with E-state index in [-0.39, 0.29) is 0 Å². The number of benzene rings is 1. The molecular formula is C14H12BrN3. The Hall–Kier alpha value is -1.86. The van der Waals surface area contributed by atoms with Crippen molar-refractivity contribution in [1.29, 1.82) is 5.26 Å². The van der Waals surface area contributed by atoms with E-state index in [2.05, 4.69) is 32.3 Å². The number of anilines is 1. The zero-order valence-corrected chi connectivity index (χ0v) is 11.5. The van der Waals surface area contributed by atoms with Crippen molar-refractivity contribution in [2.75, 3.05) is 5.32 Å². The molecule has 1 atom stereocenters. The molecule has 0 bridgehead atoms. The van der Waals surface area contributed by atoms with Crippen LogP contribution < -0.4 is 5.32 Å². The Kier molecular flexibility index (Phi) is 3.96. The molecule has 0 saturated carbocycles. The summed E-state index contributed by atoms with van der Waals surface area (Å²) < 4.78 is 0.901. The van der Waals surface area contributed by atoms with Crippen molar-refractivity contribution < 1.29 is 0 Å². The number of nitrogens with one attached hydrogen (secondary N) is 1.